The second kappa shape index (κ2) is 9.54. The number of hydrogen-bond acceptors (Lipinski definition) is 11. The van der Waals surface area contributed by atoms with Crippen LogP contribution < -0.4 is 0 Å². The Labute approximate surface area is 233 Å². The van der Waals surface area contributed by atoms with Gasteiger partial charge in [0.15, 0.2) is 6.29 Å². The molecule has 0 aromatic heterocycles. The molecule has 0 aromatic carbocycles. The maximum atomic E-state index is 13.0. The molecule has 11 nitrogen and oxygen atoms in total. The largest absolute Gasteiger partial charge is 0.458 e. The topological polar surface area (TPSA) is 183 Å². The van der Waals surface area contributed by atoms with E-state index in [0.29, 0.717) is 25.7 Å². The van der Waals surface area contributed by atoms with Gasteiger partial charge in [-0.15, -0.1) is 0 Å². The fourth-order valence-electron chi connectivity index (χ4n) is 9.82. The number of hydrogen-bond donors (Lipinski definition) is 6. The van der Waals surface area contributed by atoms with Gasteiger partial charge in [0.1, 0.15) is 31.2 Å². The molecule has 0 radical (unpaired) electrons. The number of esters is 1. The highest BCUT2D eigenvalue weighted by Crippen LogP contribution is 2.70. The van der Waals surface area contributed by atoms with Crippen LogP contribution in [0.15, 0.2) is 11.6 Å². The molecule has 0 bridgehead atoms. The molecule has 0 amide bonds. The fraction of sp³-hybridized carbons (Fsp3) is 0.862. The zero-order chi connectivity index (χ0) is 28.8. The average molecular weight is 567 g/mol. The lowest BCUT2D eigenvalue weighted by molar-refractivity contribution is -0.320. The molecule has 11 heteroatoms. The molecule has 4 aliphatic carbocycles. The van der Waals surface area contributed by atoms with E-state index in [0.717, 1.165) is 11.9 Å². The third-order valence-corrected chi connectivity index (χ3v) is 11.9. The smallest absolute Gasteiger partial charge is 0.331 e. The van der Waals surface area contributed by atoms with Gasteiger partial charge in [-0.25, -0.2) is 4.79 Å². The summed E-state index contributed by atoms with van der Waals surface area (Å²) in [6.45, 7) is 3.72. The van der Waals surface area contributed by atoms with Crippen LogP contribution in [0.2, 0.25) is 0 Å². The number of carbonyl (C=O) groups excluding carboxylic acids is 2. The molecule has 6 N–H and O–H groups in total. The van der Waals surface area contributed by atoms with E-state index in [4.69, 9.17) is 14.2 Å². The minimum atomic E-state index is -1.51. The van der Waals surface area contributed by atoms with E-state index in [1.807, 2.05) is 6.92 Å². The summed E-state index contributed by atoms with van der Waals surface area (Å²) in [5.41, 5.74) is -3.89. The van der Waals surface area contributed by atoms with Gasteiger partial charge < -0.3 is 49.6 Å². The van der Waals surface area contributed by atoms with E-state index in [9.17, 15) is 40.2 Å². The quantitative estimate of drug-likeness (QED) is 0.149. The monoisotopic (exact) mass is 566 g/mol. The van der Waals surface area contributed by atoms with Crippen LogP contribution in [-0.2, 0) is 23.8 Å². The van der Waals surface area contributed by atoms with Crippen LogP contribution in [0.4, 0.5) is 0 Å². The Morgan fingerprint density at radius 3 is 2.42 bits per heavy atom. The highest BCUT2D eigenvalue weighted by Gasteiger charge is 2.73. The molecule has 224 valence electrons. The van der Waals surface area contributed by atoms with E-state index in [2.05, 4.69) is 0 Å². The number of fused-ring (bicyclic) bond motifs is 5. The summed E-state index contributed by atoms with van der Waals surface area (Å²) in [7, 11) is 0. The number of ether oxygens (including phenoxy) is 3. The van der Waals surface area contributed by atoms with Crippen molar-refractivity contribution in [2.45, 2.75) is 119 Å². The first-order valence-corrected chi connectivity index (χ1v) is 14.6. The molecule has 6 rings (SSSR count). The highest BCUT2D eigenvalue weighted by atomic mass is 16.7. The van der Waals surface area contributed by atoms with Crippen LogP contribution in [-0.4, -0.2) is 104 Å². The second-order valence-corrected chi connectivity index (χ2v) is 13.6. The summed E-state index contributed by atoms with van der Waals surface area (Å²) in [5, 5.41) is 66.7. The summed E-state index contributed by atoms with van der Waals surface area (Å²) < 4.78 is 16.8. The molecule has 4 saturated carbocycles. The van der Waals surface area contributed by atoms with E-state index >= 15 is 0 Å². The molecule has 2 heterocycles. The van der Waals surface area contributed by atoms with Crippen molar-refractivity contribution >= 4 is 12.3 Å². The molecule has 1 saturated heterocycles. The van der Waals surface area contributed by atoms with Crippen LogP contribution in [0.25, 0.3) is 0 Å². The van der Waals surface area contributed by atoms with Gasteiger partial charge in [-0.2, -0.15) is 0 Å². The van der Waals surface area contributed by atoms with Crippen molar-refractivity contribution in [2.75, 3.05) is 6.61 Å². The molecular formula is C29H42O11. The van der Waals surface area contributed by atoms with E-state index < -0.39 is 82.8 Å². The van der Waals surface area contributed by atoms with Gasteiger partial charge in [0, 0.05) is 23.8 Å². The zero-order valence-corrected chi connectivity index (χ0v) is 23.0. The van der Waals surface area contributed by atoms with Crippen LogP contribution in [0.3, 0.4) is 0 Å². The van der Waals surface area contributed by atoms with Gasteiger partial charge in [-0.05, 0) is 69.3 Å². The van der Waals surface area contributed by atoms with Gasteiger partial charge >= 0.3 is 5.97 Å². The third-order valence-electron chi connectivity index (χ3n) is 11.9. The average Bonchev–Trinajstić information content (AvgIpc) is 3.45. The molecule has 0 aromatic rings. The van der Waals surface area contributed by atoms with Crippen LogP contribution in [0, 0.1) is 28.6 Å². The van der Waals surface area contributed by atoms with Gasteiger partial charge in [0.05, 0.1) is 34.9 Å². The van der Waals surface area contributed by atoms with Gasteiger partial charge in [0.2, 0.25) is 0 Å². The predicted octanol–water partition coefficient (Wildman–Crippen LogP) is -0.279. The van der Waals surface area contributed by atoms with Crippen LogP contribution in [0.1, 0.15) is 65.2 Å². The lowest BCUT2D eigenvalue weighted by Gasteiger charge is -2.66. The van der Waals surface area contributed by atoms with Crippen molar-refractivity contribution in [1.82, 2.24) is 0 Å². The Morgan fingerprint density at radius 2 is 1.75 bits per heavy atom. The standard InChI is InChI=1S/C29H42O11/c1-14-22(33)23(34)24(35)25(39-14)40-16-3-6-27(13-30)21-18(4-7-28(27,36)10-16)29(37)8-5-17(15-9-20(32)38-12-15)26(29,2)11-19(21)31/h9,13-14,16-19,21-25,31,33-37H,3-8,10-12H2,1-2H3/t14-,16+,17-,18+,19+,21+,22-,23+,24+,25+,26+,27-,28-,29-/m0/s1. The Balaban J connectivity index is 1.25. The molecule has 5 fully saturated rings. The summed E-state index contributed by atoms with van der Waals surface area (Å²) >= 11 is 0. The Hall–Kier alpha value is -1.44. The molecular weight excluding hydrogens is 524 g/mol. The minimum Gasteiger partial charge on any atom is -0.458 e. The number of rotatable bonds is 4. The van der Waals surface area contributed by atoms with Gasteiger partial charge in [-0.3, -0.25) is 0 Å². The number of cyclic esters (lactones) is 1. The van der Waals surface area contributed by atoms with Crippen molar-refractivity contribution in [3.05, 3.63) is 11.6 Å². The number of aldehydes is 1. The molecule has 2 aliphatic heterocycles. The van der Waals surface area contributed by atoms with E-state index in [1.165, 1.54) is 6.08 Å². The van der Waals surface area contributed by atoms with Crippen LogP contribution >= 0.6 is 0 Å². The first kappa shape index (κ1) is 28.7. The first-order chi connectivity index (χ1) is 18.8. The zero-order valence-electron chi connectivity index (χ0n) is 23.0. The minimum absolute atomic E-state index is 0.0615. The van der Waals surface area contributed by atoms with Crippen molar-refractivity contribution in [2.24, 2.45) is 28.6 Å². The summed E-state index contributed by atoms with van der Waals surface area (Å²) in [5.74, 6) is -1.61. The Morgan fingerprint density at radius 1 is 1.00 bits per heavy atom. The second-order valence-electron chi connectivity index (χ2n) is 13.6. The van der Waals surface area contributed by atoms with Crippen molar-refractivity contribution in [3.63, 3.8) is 0 Å². The molecule has 0 unspecified atom stereocenters. The summed E-state index contributed by atoms with van der Waals surface area (Å²) in [4.78, 5) is 24.8. The maximum absolute atomic E-state index is 13.0. The van der Waals surface area contributed by atoms with Crippen molar-refractivity contribution in [1.29, 1.82) is 0 Å². The molecule has 40 heavy (non-hydrogen) atoms. The maximum Gasteiger partial charge on any atom is 0.331 e. The summed E-state index contributed by atoms with van der Waals surface area (Å²) in [6.07, 6.45) is -2.87. The predicted molar refractivity (Wildman–Crippen MR) is 136 cm³/mol. The SMILES string of the molecule is C[C@@H]1O[C@H](O[C@@H]2CC[C@]3(C=O)[C@H]4[C@H](O)C[C@]5(C)[C@H](C6=CC(=O)OC6)CC[C@]5(O)[C@@H]4CC[C@]3(O)C2)[C@H](O)[C@H](O)[C@H]1O. The van der Waals surface area contributed by atoms with E-state index in [1.54, 1.807) is 6.92 Å². The number of aliphatic hydroxyl groups excluding tert-OH is 4. The fourth-order valence-corrected chi connectivity index (χ4v) is 9.82. The van der Waals surface area contributed by atoms with Crippen molar-refractivity contribution in [3.8, 4) is 0 Å². The van der Waals surface area contributed by atoms with Gasteiger partial charge in [0.25, 0.3) is 0 Å². The number of aliphatic hydroxyl groups is 6. The Kier molecular flexibility index (Phi) is 6.83. The normalized spacial score (nSPS) is 56.0. The lowest BCUT2D eigenvalue weighted by atomic mass is 9.41. The third kappa shape index (κ3) is 3.78. The summed E-state index contributed by atoms with van der Waals surface area (Å²) in [6, 6.07) is 0. The Bertz CT molecular complexity index is 1080. The van der Waals surface area contributed by atoms with Crippen LogP contribution in [0.5, 0.6) is 0 Å². The highest BCUT2D eigenvalue weighted by molar-refractivity contribution is 5.85. The molecule has 14 atom stereocenters. The molecule has 6 aliphatic rings. The first-order valence-electron chi connectivity index (χ1n) is 14.6. The van der Waals surface area contributed by atoms with Crippen molar-refractivity contribution < 1.29 is 54.4 Å². The van der Waals surface area contributed by atoms with E-state index in [-0.39, 0.29) is 38.2 Å². The van der Waals surface area contributed by atoms with Gasteiger partial charge in [-0.1, -0.05) is 6.92 Å². The number of carbonyl (C=O) groups is 2. The molecule has 0 spiro atoms. The lowest BCUT2D eigenvalue weighted by Crippen LogP contribution is -2.72.